The Bertz CT molecular complexity index is 357. The number of aliphatic hydroxyl groups is 1. The lowest BCUT2D eigenvalue weighted by Crippen LogP contribution is -2.04. The van der Waals surface area contributed by atoms with Crippen molar-refractivity contribution in [1.82, 2.24) is 0 Å². The minimum Gasteiger partial charge on any atom is -0.481 e. The minimum atomic E-state index is -1.36. The number of furan rings is 1. The maximum absolute atomic E-state index is 10.2. The molecule has 0 saturated carbocycles. The van der Waals surface area contributed by atoms with Crippen molar-refractivity contribution in [2.24, 2.45) is 0 Å². The Morgan fingerprint density at radius 3 is 2.71 bits per heavy atom. The van der Waals surface area contributed by atoms with E-state index in [1.807, 2.05) is 0 Å². The van der Waals surface area contributed by atoms with Gasteiger partial charge >= 0.3 is 11.9 Å². The molecule has 0 unspecified atom stereocenters. The van der Waals surface area contributed by atoms with Gasteiger partial charge in [-0.15, -0.1) is 0 Å². The molecule has 0 amide bonds. The number of aliphatic carboxylic acids is 1. The Balaban J connectivity index is 2.76. The molecule has 0 bridgehead atoms. The third kappa shape index (κ3) is 2.30. The van der Waals surface area contributed by atoms with Crippen molar-refractivity contribution < 1.29 is 24.3 Å². The average molecular weight is 201 g/mol. The van der Waals surface area contributed by atoms with Crippen molar-refractivity contribution in [3.05, 3.63) is 28.0 Å². The molecule has 1 atom stereocenters. The summed E-state index contributed by atoms with van der Waals surface area (Å²) >= 11 is 0. The fourth-order valence-corrected chi connectivity index (χ4v) is 0.885. The molecule has 0 fully saturated rings. The lowest BCUT2D eigenvalue weighted by molar-refractivity contribution is -0.402. The van der Waals surface area contributed by atoms with Gasteiger partial charge in [0.25, 0.3) is 0 Å². The number of carbonyl (C=O) groups is 1. The van der Waals surface area contributed by atoms with E-state index in [-0.39, 0.29) is 5.76 Å². The van der Waals surface area contributed by atoms with Crippen LogP contribution in [0.5, 0.6) is 0 Å². The first-order valence-corrected chi connectivity index (χ1v) is 3.64. The Kier molecular flexibility index (Phi) is 2.82. The van der Waals surface area contributed by atoms with Crippen molar-refractivity contribution >= 4 is 11.9 Å². The summed E-state index contributed by atoms with van der Waals surface area (Å²) in [5, 5.41) is 27.7. The molecule has 0 saturated heterocycles. The van der Waals surface area contributed by atoms with E-state index in [9.17, 15) is 20.0 Å². The summed E-state index contributed by atoms with van der Waals surface area (Å²) in [5.74, 6) is -1.86. The van der Waals surface area contributed by atoms with Crippen LogP contribution in [0.2, 0.25) is 0 Å². The molecule has 1 aromatic heterocycles. The van der Waals surface area contributed by atoms with Gasteiger partial charge in [-0.05, 0) is 6.07 Å². The fraction of sp³-hybridized carbons (Fsp3) is 0.286. The standard InChI is InChI=1S/C7H7NO6/c9-4(3-7(10)11)5-1-2-6(14-5)8(12)13/h1-2,4,9H,3H2,(H,10,11)/t4-/m0/s1. The van der Waals surface area contributed by atoms with Crippen molar-refractivity contribution in [2.45, 2.75) is 12.5 Å². The number of hydrogen-bond donors (Lipinski definition) is 2. The van der Waals surface area contributed by atoms with Crippen LogP contribution in [0.1, 0.15) is 18.3 Å². The van der Waals surface area contributed by atoms with Crippen LogP contribution in [0.25, 0.3) is 0 Å². The highest BCUT2D eigenvalue weighted by molar-refractivity contribution is 5.67. The van der Waals surface area contributed by atoms with Gasteiger partial charge in [0.1, 0.15) is 16.8 Å². The molecule has 0 aliphatic heterocycles. The molecule has 2 N–H and O–H groups in total. The molecule has 7 heteroatoms. The van der Waals surface area contributed by atoms with Crippen molar-refractivity contribution in [3.63, 3.8) is 0 Å². The summed E-state index contributed by atoms with van der Waals surface area (Å²) < 4.78 is 4.60. The van der Waals surface area contributed by atoms with Crippen LogP contribution in [-0.4, -0.2) is 21.1 Å². The molecule has 1 heterocycles. The largest absolute Gasteiger partial charge is 0.481 e. The van der Waals surface area contributed by atoms with Crippen LogP contribution in [-0.2, 0) is 4.79 Å². The van der Waals surface area contributed by atoms with Gasteiger partial charge in [0, 0.05) is 0 Å². The van der Waals surface area contributed by atoms with Gasteiger partial charge < -0.3 is 14.6 Å². The maximum atomic E-state index is 10.2. The number of hydrogen-bond acceptors (Lipinski definition) is 5. The second kappa shape index (κ2) is 3.88. The van der Waals surface area contributed by atoms with Crippen LogP contribution >= 0.6 is 0 Å². The van der Waals surface area contributed by atoms with Crippen LogP contribution in [0.4, 0.5) is 5.88 Å². The molecule has 14 heavy (non-hydrogen) atoms. The summed E-state index contributed by atoms with van der Waals surface area (Å²) in [6.45, 7) is 0. The van der Waals surface area contributed by atoms with Crippen molar-refractivity contribution in [3.8, 4) is 0 Å². The van der Waals surface area contributed by atoms with E-state index in [1.165, 1.54) is 6.07 Å². The molecule has 0 aliphatic carbocycles. The molecule has 1 aromatic rings. The van der Waals surface area contributed by atoms with Crippen molar-refractivity contribution in [1.29, 1.82) is 0 Å². The van der Waals surface area contributed by atoms with Gasteiger partial charge in [0.2, 0.25) is 0 Å². The normalized spacial score (nSPS) is 12.4. The number of nitro groups is 1. The average Bonchev–Trinajstić information content (AvgIpc) is 2.50. The third-order valence-corrected chi connectivity index (χ3v) is 1.49. The molecule has 7 nitrogen and oxygen atoms in total. The van der Waals surface area contributed by atoms with Crippen LogP contribution in [0.3, 0.4) is 0 Å². The first kappa shape index (κ1) is 10.2. The smallest absolute Gasteiger partial charge is 0.433 e. The van der Waals surface area contributed by atoms with Crippen molar-refractivity contribution in [2.75, 3.05) is 0 Å². The predicted octanol–water partition coefficient (Wildman–Crippen LogP) is 0.696. The summed E-state index contributed by atoms with van der Waals surface area (Å²) in [4.78, 5) is 19.6. The number of aliphatic hydroxyl groups excluding tert-OH is 1. The molecule has 1 rings (SSSR count). The molecular formula is C7H7NO6. The lowest BCUT2D eigenvalue weighted by atomic mass is 10.2. The van der Waals surface area contributed by atoms with Gasteiger partial charge in [-0.2, -0.15) is 0 Å². The first-order valence-electron chi connectivity index (χ1n) is 3.64. The van der Waals surface area contributed by atoms with Crippen LogP contribution < -0.4 is 0 Å². The molecule has 0 aromatic carbocycles. The monoisotopic (exact) mass is 201 g/mol. The van der Waals surface area contributed by atoms with Gasteiger partial charge in [0.05, 0.1) is 12.5 Å². The number of nitrogens with zero attached hydrogens (tertiary/aromatic N) is 1. The number of carboxylic acid groups (broad SMARTS) is 1. The van der Waals surface area contributed by atoms with Gasteiger partial charge in [-0.3, -0.25) is 14.9 Å². The minimum absolute atomic E-state index is 0.126. The predicted molar refractivity (Wildman–Crippen MR) is 42.6 cm³/mol. The molecule has 0 spiro atoms. The second-order valence-electron chi connectivity index (χ2n) is 2.55. The van der Waals surface area contributed by atoms with E-state index >= 15 is 0 Å². The highest BCUT2D eigenvalue weighted by atomic mass is 16.6. The Morgan fingerprint density at radius 2 is 2.29 bits per heavy atom. The fourth-order valence-electron chi connectivity index (χ4n) is 0.885. The topological polar surface area (TPSA) is 114 Å². The van der Waals surface area contributed by atoms with E-state index in [0.29, 0.717) is 0 Å². The first-order chi connectivity index (χ1) is 6.50. The summed E-state index contributed by atoms with van der Waals surface area (Å²) in [6, 6.07) is 2.23. The molecule has 76 valence electrons. The van der Waals surface area contributed by atoms with E-state index < -0.39 is 29.3 Å². The lowest BCUT2D eigenvalue weighted by Gasteiger charge is -2.01. The third-order valence-electron chi connectivity index (χ3n) is 1.49. The summed E-state index contributed by atoms with van der Waals surface area (Å²) in [5.41, 5.74) is 0. The zero-order chi connectivity index (χ0) is 10.7. The summed E-state index contributed by atoms with van der Waals surface area (Å²) in [6.07, 6.45) is -1.91. The highest BCUT2D eigenvalue weighted by Crippen LogP contribution is 2.23. The van der Waals surface area contributed by atoms with Gasteiger partial charge in [-0.1, -0.05) is 0 Å². The zero-order valence-electron chi connectivity index (χ0n) is 6.91. The Hall–Kier alpha value is -1.89. The number of carboxylic acids is 1. The maximum Gasteiger partial charge on any atom is 0.433 e. The molecule has 0 aliphatic rings. The quantitative estimate of drug-likeness (QED) is 0.547. The van der Waals surface area contributed by atoms with E-state index in [0.717, 1.165) is 6.07 Å². The van der Waals surface area contributed by atoms with Gasteiger partial charge in [-0.25, -0.2) is 0 Å². The van der Waals surface area contributed by atoms with E-state index in [1.54, 1.807) is 0 Å². The zero-order valence-corrected chi connectivity index (χ0v) is 6.91. The van der Waals surface area contributed by atoms with Crippen LogP contribution in [0.15, 0.2) is 16.5 Å². The van der Waals surface area contributed by atoms with Gasteiger partial charge in [0.15, 0.2) is 0 Å². The number of rotatable bonds is 4. The van der Waals surface area contributed by atoms with E-state index in [2.05, 4.69) is 4.42 Å². The Labute approximate surface area is 77.7 Å². The van der Waals surface area contributed by atoms with E-state index in [4.69, 9.17) is 5.11 Å². The highest BCUT2D eigenvalue weighted by Gasteiger charge is 2.19. The summed E-state index contributed by atoms with van der Waals surface area (Å²) in [7, 11) is 0. The van der Waals surface area contributed by atoms with Crippen LogP contribution in [0, 0.1) is 10.1 Å². The molecule has 0 radical (unpaired) electrons. The molecular weight excluding hydrogens is 194 g/mol. The Morgan fingerprint density at radius 1 is 1.64 bits per heavy atom. The SMILES string of the molecule is O=C(O)C[C@H](O)c1ccc([N+](=O)[O-])o1. The second-order valence-corrected chi connectivity index (χ2v) is 2.55.